The molecule has 0 spiro atoms. The molecule has 3 rings (SSSR count). The molecule has 14 heavy (non-hydrogen) atoms. The molecule has 3 fully saturated rings. The maximum atomic E-state index is 8.77. The summed E-state index contributed by atoms with van der Waals surface area (Å²) >= 11 is 0. The van der Waals surface area contributed by atoms with E-state index in [-0.39, 0.29) is 0 Å². The molecule has 0 bridgehead atoms. The predicted molar refractivity (Wildman–Crippen MR) is 56.2 cm³/mol. The molecule has 0 aromatic carbocycles. The number of hydrogen-bond donors (Lipinski definition) is 1. The van der Waals surface area contributed by atoms with Crippen molar-refractivity contribution >= 4 is 0 Å². The molecule has 2 saturated carbocycles. The molecule has 1 N–H and O–H groups in total. The average molecular weight is 198 g/mol. The van der Waals surface area contributed by atoms with Crippen molar-refractivity contribution in [3.8, 4) is 0 Å². The van der Waals surface area contributed by atoms with Crippen molar-refractivity contribution in [2.75, 3.05) is 6.61 Å². The van der Waals surface area contributed by atoms with Gasteiger partial charge in [0, 0.05) is 6.61 Å². The van der Waals surface area contributed by atoms with E-state index in [4.69, 9.17) is 9.84 Å². The maximum Gasteiger partial charge on any atom is 0.0845 e. The van der Waals surface area contributed by atoms with Crippen LogP contribution < -0.4 is 0 Å². The first-order valence-corrected chi connectivity index (χ1v) is 6.16. The molecule has 1 heterocycles. The first-order valence-electron chi connectivity index (χ1n) is 6.16. The van der Waals surface area contributed by atoms with Crippen molar-refractivity contribution < 1.29 is 9.84 Å². The fourth-order valence-electron chi connectivity index (χ4n) is 2.54. The molecule has 0 aromatic rings. The van der Waals surface area contributed by atoms with Crippen molar-refractivity contribution in [1.29, 1.82) is 0 Å². The quantitative estimate of drug-likeness (QED) is 0.657. The molecule has 3 unspecified atom stereocenters. The van der Waals surface area contributed by atoms with E-state index in [9.17, 15) is 0 Å². The van der Waals surface area contributed by atoms with Gasteiger partial charge in [-0.05, 0) is 25.2 Å². The maximum absolute atomic E-state index is 8.77. The minimum atomic E-state index is 0.354. The zero-order valence-electron chi connectivity index (χ0n) is 8.95. The summed E-state index contributed by atoms with van der Waals surface area (Å²) in [6.07, 6.45) is 12.0. The molecule has 0 amide bonds. The summed E-state index contributed by atoms with van der Waals surface area (Å²) in [5, 5.41) is 8.77. The van der Waals surface area contributed by atoms with E-state index in [1.54, 1.807) is 0 Å². The van der Waals surface area contributed by atoms with E-state index in [1.807, 2.05) is 0 Å². The fraction of sp³-hybridized carbons (Fsp3) is 1.00. The zero-order chi connectivity index (χ0) is 9.80. The van der Waals surface area contributed by atoms with Gasteiger partial charge in [-0.2, -0.15) is 0 Å². The molecule has 3 atom stereocenters. The summed E-state index contributed by atoms with van der Waals surface area (Å²) < 4.78 is 5.30. The number of hydrogen-bond acceptors (Lipinski definition) is 2. The molecular formula is C12H22O2. The van der Waals surface area contributed by atoms with Crippen LogP contribution in [0.4, 0.5) is 0 Å². The van der Waals surface area contributed by atoms with Crippen LogP contribution in [0.25, 0.3) is 0 Å². The summed E-state index contributed by atoms with van der Waals surface area (Å²) in [7, 11) is 0. The molecular weight excluding hydrogens is 176 g/mol. The fourth-order valence-corrected chi connectivity index (χ4v) is 2.54. The summed E-state index contributed by atoms with van der Waals surface area (Å²) in [4.78, 5) is 0. The normalized spacial score (nSPS) is 39.6. The highest BCUT2D eigenvalue weighted by atomic mass is 16.6. The Morgan fingerprint density at radius 2 is 1.57 bits per heavy atom. The summed E-state index contributed by atoms with van der Waals surface area (Å²) in [5.74, 6) is 0.536. The van der Waals surface area contributed by atoms with Gasteiger partial charge in [-0.3, -0.25) is 0 Å². The molecule has 82 valence electrons. The van der Waals surface area contributed by atoms with Crippen molar-refractivity contribution in [1.82, 2.24) is 0 Å². The Hall–Kier alpha value is -0.0800. The number of ether oxygens (including phenoxy) is 1. The van der Waals surface area contributed by atoms with Crippen molar-refractivity contribution in [2.24, 2.45) is 5.92 Å². The van der Waals surface area contributed by atoms with Crippen LogP contribution in [0.2, 0.25) is 0 Å². The Balaban J connectivity index is 0.000000128. The van der Waals surface area contributed by atoms with Crippen LogP contribution in [0.1, 0.15) is 51.4 Å². The van der Waals surface area contributed by atoms with Gasteiger partial charge in [0.05, 0.1) is 12.2 Å². The molecule has 3 aliphatic rings. The minimum absolute atomic E-state index is 0.354. The first-order chi connectivity index (χ1) is 6.90. The monoisotopic (exact) mass is 198 g/mol. The van der Waals surface area contributed by atoms with Gasteiger partial charge in [-0.25, -0.2) is 0 Å². The Labute approximate surface area is 86.6 Å². The Morgan fingerprint density at radius 1 is 0.929 bits per heavy atom. The molecule has 2 nitrogen and oxygen atoms in total. The lowest BCUT2D eigenvalue weighted by molar-refractivity contribution is 0.197. The highest BCUT2D eigenvalue weighted by Gasteiger charge is 2.43. The zero-order valence-corrected chi connectivity index (χ0v) is 8.95. The van der Waals surface area contributed by atoms with E-state index in [0.29, 0.717) is 24.7 Å². The Kier molecular flexibility index (Phi) is 3.82. The van der Waals surface area contributed by atoms with Gasteiger partial charge in [-0.1, -0.05) is 32.1 Å². The van der Waals surface area contributed by atoms with Gasteiger partial charge in [0.1, 0.15) is 0 Å². The topological polar surface area (TPSA) is 32.8 Å². The highest BCUT2D eigenvalue weighted by Crippen LogP contribution is 2.38. The number of aliphatic hydroxyl groups is 1. The van der Waals surface area contributed by atoms with E-state index in [1.165, 1.54) is 38.5 Å². The average Bonchev–Trinajstić information content (AvgIpc) is 2.75. The van der Waals surface area contributed by atoms with Crippen LogP contribution >= 0.6 is 0 Å². The molecule has 2 heteroatoms. The second kappa shape index (κ2) is 5.13. The third-order valence-corrected chi connectivity index (χ3v) is 3.62. The number of rotatable bonds is 1. The van der Waals surface area contributed by atoms with Crippen LogP contribution in [-0.4, -0.2) is 23.9 Å². The molecule has 1 saturated heterocycles. The summed E-state index contributed by atoms with van der Waals surface area (Å²) in [6, 6.07) is 0. The summed E-state index contributed by atoms with van der Waals surface area (Å²) in [6.45, 7) is 0.354. The predicted octanol–water partition coefficient (Wildman–Crippen LogP) is 2.50. The second-order valence-electron chi connectivity index (χ2n) is 4.84. The van der Waals surface area contributed by atoms with Crippen LogP contribution in [0.5, 0.6) is 0 Å². The lowest BCUT2D eigenvalue weighted by atomic mass is 9.90. The number of aliphatic hydroxyl groups excluding tert-OH is 1. The van der Waals surface area contributed by atoms with Crippen molar-refractivity contribution in [3.63, 3.8) is 0 Å². The van der Waals surface area contributed by atoms with Crippen LogP contribution in [-0.2, 0) is 4.74 Å². The van der Waals surface area contributed by atoms with Gasteiger partial charge >= 0.3 is 0 Å². The van der Waals surface area contributed by atoms with E-state index in [2.05, 4.69) is 0 Å². The van der Waals surface area contributed by atoms with Crippen molar-refractivity contribution in [2.45, 2.75) is 63.6 Å². The van der Waals surface area contributed by atoms with Crippen molar-refractivity contribution in [3.05, 3.63) is 0 Å². The molecule has 0 radical (unpaired) electrons. The highest BCUT2D eigenvalue weighted by molar-refractivity contribution is 4.91. The smallest absolute Gasteiger partial charge is 0.0845 e. The van der Waals surface area contributed by atoms with E-state index in [0.717, 1.165) is 12.8 Å². The van der Waals surface area contributed by atoms with Gasteiger partial charge < -0.3 is 9.84 Å². The second-order valence-corrected chi connectivity index (χ2v) is 4.84. The van der Waals surface area contributed by atoms with Gasteiger partial charge in [-0.15, -0.1) is 0 Å². The van der Waals surface area contributed by atoms with Crippen LogP contribution in [0.15, 0.2) is 0 Å². The van der Waals surface area contributed by atoms with Gasteiger partial charge in [0.2, 0.25) is 0 Å². The Morgan fingerprint density at radius 3 is 2.07 bits per heavy atom. The van der Waals surface area contributed by atoms with Gasteiger partial charge in [0.25, 0.3) is 0 Å². The molecule has 0 aromatic heterocycles. The van der Waals surface area contributed by atoms with Crippen LogP contribution in [0, 0.1) is 5.92 Å². The first kappa shape index (κ1) is 10.4. The van der Waals surface area contributed by atoms with E-state index < -0.39 is 0 Å². The van der Waals surface area contributed by atoms with E-state index >= 15 is 0 Å². The minimum Gasteiger partial charge on any atom is -0.396 e. The summed E-state index contributed by atoms with van der Waals surface area (Å²) in [5.41, 5.74) is 0. The molecule has 2 aliphatic carbocycles. The molecule has 1 aliphatic heterocycles. The Bertz CT molecular complexity index is 158. The number of epoxide rings is 1. The SMILES string of the molecule is C1CCCC1.OCC1CCC2OC2C1. The standard InChI is InChI=1S/C7H12O2.C5H10/c8-4-5-1-2-6-7(3-5)9-6;1-2-4-5-3-1/h5-8H,1-4H2;1-5H2. The lowest BCUT2D eigenvalue weighted by Gasteiger charge is -2.14. The number of fused-ring (bicyclic) bond motifs is 1. The lowest BCUT2D eigenvalue weighted by Crippen LogP contribution is -2.16. The van der Waals surface area contributed by atoms with Crippen LogP contribution in [0.3, 0.4) is 0 Å². The third-order valence-electron chi connectivity index (χ3n) is 3.62. The van der Waals surface area contributed by atoms with Gasteiger partial charge in [0.15, 0.2) is 0 Å². The third kappa shape index (κ3) is 2.96. The largest absolute Gasteiger partial charge is 0.396 e.